The number of nitrogen functional groups attached to an aromatic ring is 1. The first-order valence-electron chi connectivity index (χ1n) is 6.38. The number of carbonyl (C=O) groups excluding carboxylic acids is 1. The lowest BCUT2D eigenvalue weighted by Crippen LogP contribution is -2.19. The number of anilines is 1. The molecule has 1 aromatic carbocycles. The third-order valence-corrected chi connectivity index (χ3v) is 4.47. The molecule has 122 valence electrons. The molecule has 10 heteroatoms. The number of carbonyl (C=O) groups is 1. The minimum Gasteiger partial charge on any atom is -0.497 e. The molecule has 1 amide bonds. The van der Waals surface area contributed by atoms with Crippen LogP contribution < -0.4 is 20.6 Å². The summed E-state index contributed by atoms with van der Waals surface area (Å²) in [4.78, 5) is 11.7. The highest BCUT2D eigenvalue weighted by Crippen LogP contribution is 2.24. The van der Waals surface area contributed by atoms with Gasteiger partial charge in [-0.3, -0.25) is 4.79 Å². The molecular weight excluding hydrogens is 338 g/mol. The normalized spacial score (nSPS) is 10.7. The van der Waals surface area contributed by atoms with Crippen LogP contribution in [0.25, 0.3) is 0 Å². The number of nitrogens with zero attached hydrogens (tertiary/aromatic N) is 3. The van der Waals surface area contributed by atoms with Crippen molar-refractivity contribution in [3.05, 3.63) is 23.8 Å². The van der Waals surface area contributed by atoms with Crippen LogP contribution in [0.15, 0.2) is 27.6 Å². The first-order valence-corrected chi connectivity index (χ1v) is 8.18. The topological polar surface area (TPSA) is 112 Å². The number of amides is 1. The number of rotatable bonds is 7. The molecule has 1 aromatic heterocycles. The van der Waals surface area contributed by atoms with E-state index in [4.69, 9.17) is 15.2 Å². The van der Waals surface area contributed by atoms with E-state index in [0.717, 1.165) is 5.56 Å². The number of nitrogens with one attached hydrogen (secondary N) is 1. The number of benzene rings is 1. The van der Waals surface area contributed by atoms with Gasteiger partial charge in [0.1, 0.15) is 11.5 Å². The second-order valence-electron chi connectivity index (χ2n) is 4.10. The number of hydrogen-bond donors (Lipinski definition) is 2. The van der Waals surface area contributed by atoms with Crippen molar-refractivity contribution in [3.8, 4) is 11.5 Å². The number of hydrazone groups is 1. The minimum atomic E-state index is -0.257. The van der Waals surface area contributed by atoms with Crippen molar-refractivity contribution in [2.75, 3.05) is 25.7 Å². The van der Waals surface area contributed by atoms with Gasteiger partial charge in [-0.15, -0.1) is 10.2 Å². The summed E-state index contributed by atoms with van der Waals surface area (Å²) in [7, 11) is 3.13. The van der Waals surface area contributed by atoms with Crippen LogP contribution in [0.3, 0.4) is 0 Å². The monoisotopic (exact) mass is 353 g/mol. The Hall–Kier alpha value is -2.33. The molecule has 2 rings (SSSR count). The van der Waals surface area contributed by atoms with Crippen LogP contribution in [0.1, 0.15) is 5.56 Å². The van der Waals surface area contributed by atoms with Gasteiger partial charge in [0.2, 0.25) is 5.13 Å². The summed E-state index contributed by atoms with van der Waals surface area (Å²) >= 11 is 2.48. The predicted octanol–water partition coefficient (Wildman–Crippen LogP) is 1.38. The van der Waals surface area contributed by atoms with E-state index in [0.29, 0.717) is 21.0 Å². The minimum absolute atomic E-state index is 0.172. The van der Waals surface area contributed by atoms with Gasteiger partial charge in [0, 0.05) is 11.6 Å². The number of thioether (sulfide) groups is 1. The summed E-state index contributed by atoms with van der Waals surface area (Å²) in [5.41, 5.74) is 8.62. The van der Waals surface area contributed by atoms with E-state index in [-0.39, 0.29) is 11.7 Å². The van der Waals surface area contributed by atoms with Gasteiger partial charge in [-0.1, -0.05) is 23.1 Å². The van der Waals surface area contributed by atoms with E-state index in [1.807, 2.05) is 0 Å². The van der Waals surface area contributed by atoms with E-state index >= 15 is 0 Å². The lowest BCUT2D eigenvalue weighted by molar-refractivity contribution is -0.118. The molecule has 0 saturated heterocycles. The molecule has 0 unspecified atom stereocenters. The molecular formula is C13H15N5O3S2. The summed E-state index contributed by atoms with van der Waals surface area (Å²) in [5.74, 6) is 1.19. The highest BCUT2D eigenvalue weighted by molar-refractivity contribution is 8.01. The van der Waals surface area contributed by atoms with Gasteiger partial charge in [0.15, 0.2) is 4.34 Å². The molecule has 0 radical (unpaired) electrons. The molecule has 0 aliphatic carbocycles. The Morgan fingerprint density at radius 2 is 2.26 bits per heavy atom. The number of ether oxygens (including phenoxy) is 2. The zero-order chi connectivity index (χ0) is 16.7. The lowest BCUT2D eigenvalue weighted by Gasteiger charge is -2.06. The third kappa shape index (κ3) is 5.11. The van der Waals surface area contributed by atoms with Crippen LogP contribution in [0.5, 0.6) is 11.5 Å². The van der Waals surface area contributed by atoms with E-state index in [1.54, 1.807) is 32.4 Å². The summed E-state index contributed by atoms with van der Waals surface area (Å²) in [6.07, 6.45) is 1.50. The molecule has 0 fully saturated rings. The largest absolute Gasteiger partial charge is 0.497 e. The van der Waals surface area contributed by atoms with Gasteiger partial charge >= 0.3 is 0 Å². The van der Waals surface area contributed by atoms with Crippen molar-refractivity contribution in [2.45, 2.75) is 4.34 Å². The fourth-order valence-corrected chi connectivity index (χ4v) is 2.97. The molecule has 0 aliphatic rings. The number of methoxy groups -OCH3 is 2. The van der Waals surface area contributed by atoms with Gasteiger partial charge in [-0.05, 0) is 12.1 Å². The molecule has 0 atom stereocenters. The summed E-state index contributed by atoms with van der Waals surface area (Å²) < 4.78 is 11.0. The van der Waals surface area contributed by atoms with Gasteiger partial charge in [0.05, 0.1) is 26.2 Å². The molecule has 1 heterocycles. The maximum Gasteiger partial charge on any atom is 0.250 e. The number of hydrogen-bond acceptors (Lipinski definition) is 9. The first kappa shape index (κ1) is 17.0. The Labute approximate surface area is 141 Å². The van der Waals surface area contributed by atoms with Gasteiger partial charge in [0.25, 0.3) is 5.91 Å². The van der Waals surface area contributed by atoms with E-state index in [1.165, 1.54) is 29.3 Å². The molecule has 0 saturated carbocycles. The summed E-state index contributed by atoms with van der Waals surface area (Å²) in [6.45, 7) is 0. The van der Waals surface area contributed by atoms with Crippen LogP contribution in [0.2, 0.25) is 0 Å². The van der Waals surface area contributed by atoms with Gasteiger partial charge in [-0.25, -0.2) is 5.43 Å². The van der Waals surface area contributed by atoms with Crippen LogP contribution in [-0.2, 0) is 4.79 Å². The fourth-order valence-electron chi connectivity index (χ4n) is 1.54. The van der Waals surface area contributed by atoms with Crippen LogP contribution in [0, 0.1) is 0 Å². The molecule has 23 heavy (non-hydrogen) atoms. The highest BCUT2D eigenvalue weighted by Gasteiger charge is 2.06. The molecule has 2 aromatic rings. The van der Waals surface area contributed by atoms with Crippen LogP contribution in [0.4, 0.5) is 5.13 Å². The third-order valence-electron chi connectivity index (χ3n) is 2.58. The standard InChI is InChI=1S/C13H15N5O3S2/c1-20-9-4-3-8(10(5-9)21-2)6-15-16-11(19)7-22-13-18-17-12(14)23-13/h3-6H,7H2,1-2H3,(H2,14,17)(H,16,19). The van der Waals surface area contributed by atoms with Crippen molar-refractivity contribution in [1.82, 2.24) is 15.6 Å². The Balaban J connectivity index is 1.87. The Kier molecular flexibility index (Phi) is 6.18. The van der Waals surface area contributed by atoms with E-state index < -0.39 is 0 Å². The average molecular weight is 353 g/mol. The maximum atomic E-state index is 11.7. The highest BCUT2D eigenvalue weighted by atomic mass is 32.2. The van der Waals surface area contributed by atoms with E-state index in [9.17, 15) is 4.79 Å². The summed E-state index contributed by atoms with van der Waals surface area (Å²) in [6, 6.07) is 5.30. The van der Waals surface area contributed by atoms with Crippen molar-refractivity contribution in [3.63, 3.8) is 0 Å². The second kappa shape index (κ2) is 8.34. The smallest absolute Gasteiger partial charge is 0.250 e. The zero-order valence-electron chi connectivity index (χ0n) is 12.5. The summed E-state index contributed by atoms with van der Waals surface area (Å²) in [5, 5.41) is 11.8. The Morgan fingerprint density at radius 3 is 2.91 bits per heavy atom. The van der Waals surface area contributed by atoms with Crippen LogP contribution >= 0.6 is 23.1 Å². The molecule has 0 aliphatic heterocycles. The second-order valence-corrected chi connectivity index (χ2v) is 6.33. The van der Waals surface area contributed by atoms with Gasteiger partial charge in [-0.2, -0.15) is 5.10 Å². The number of nitrogens with two attached hydrogens (primary N) is 1. The first-order chi connectivity index (χ1) is 11.1. The SMILES string of the molecule is COc1ccc(C=NNC(=O)CSc2nnc(N)s2)c(OC)c1. The molecule has 0 spiro atoms. The molecule has 0 bridgehead atoms. The number of aromatic nitrogens is 2. The zero-order valence-corrected chi connectivity index (χ0v) is 14.1. The van der Waals surface area contributed by atoms with E-state index in [2.05, 4.69) is 20.7 Å². The molecule has 8 nitrogen and oxygen atoms in total. The quantitative estimate of drug-likeness (QED) is 0.439. The van der Waals surface area contributed by atoms with Crippen molar-refractivity contribution < 1.29 is 14.3 Å². The maximum absolute atomic E-state index is 11.7. The molecule has 3 N–H and O–H groups in total. The van der Waals surface area contributed by atoms with Crippen molar-refractivity contribution >= 4 is 40.4 Å². The van der Waals surface area contributed by atoms with Crippen molar-refractivity contribution in [2.24, 2.45) is 5.10 Å². The Bertz CT molecular complexity index is 705. The van der Waals surface area contributed by atoms with Gasteiger partial charge < -0.3 is 15.2 Å². The Morgan fingerprint density at radius 1 is 1.43 bits per heavy atom. The average Bonchev–Trinajstić information content (AvgIpc) is 2.98. The lowest BCUT2D eigenvalue weighted by atomic mass is 10.2. The fraction of sp³-hybridized carbons (Fsp3) is 0.231. The predicted molar refractivity (Wildman–Crippen MR) is 90.3 cm³/mol. The van der Waals surface area contributed by atoms with Crippen LogP contribution in [-0.4, -0.2) is 42.3 Å². The van der Waals surface area contributed by atoms with Crippen molar-refractivity contribution in [1.29, 1.82) is 0 Å².